The standard InChI is InChI=1S/C21H18Cl3N3O3/c1-13-2-4-14(5-3-13)18-6-7-21(29)27(26-18)9-8-25-20(28)12-30-19-11-16(23)15(22)10-17(19)24/h2-7,10-11H,8-9,12H2,1H3,(H,25,28). The minimum absolute atomic E-state index is 0.210. The summed E-state index contributed by atoms with van der Waals surface area (Å²) in [6.45, 7) is 2.17. The van der Waals surface area contributed by atoms with Crippen LogP contribution in [-0.4, -0.2) is 28.8 Å². The van der Waals surface area contributed by atoms with E-state index in [1.807, 2.05) is 31.2 Å². The number of benzene rings is 2. The molecule has 3 rings (SSSR count). The quantitative estimate of drug-likeness (QED) is 0.525. The van der Waals surface area contributed by atoms with Gasteiger partial charge in [-0.05, 0) is 19.1 Å². The van der Waals surface area contributed by atoms with Gasteiger partial charge in [-0.3, -0.25) is 9.59 Å². The van der Waals surface area contributed by atoms with Crippen molar-refractivity contribution < 1.29 is 9.53 Å². The fraction of sp³-hybridized carbons (Fsp3) is 0.190. The summed E-state index contributed by atoms with van der Waals surface area (Å²) in [4.78, 5) is 24.1. The Morgan fingerprint density at radius 2 is 1.73 bits per heavy atom. The normalized spacial score (nSPS) is 10.7. The Kier molecular flexibility index (Phi) is 7.37. The molecule has 0 unspecified atom stereocenters. The van der Waals surface area contributed by atoms with Crippen LogP contribution in [0.1, 0.15) is 5.56 Å². The van der Waals surface area contributed by atoms with Crippen LogP contribution in [-0.2, 0) is 11.3 Å². The summed E-state index contributed by atoms with van der Waals surface area (Å²) in [7, 11) is 0. The van der Waals surface area contributed by atoms with Gasteiger partial charge in [0.25, 0.3) is 11.5 Å². The van der Waals surface area contributed by atoms with E-state index in [4.69, 9.17) is 39.5 Å². The molecule has 1 aromatic heterocycles. The third-order valence-corrected chi connectivity index (χ3v) is 5.21. The van der Waals surface area contributed by atoms with Crippen molar-refractivity contribution in [2.45, 2.75) is 13.5 Å². The highest BCUT2D eigenvalue weighted by atomic mass is 35.5. The van der Waals surface area contributed by atoms with Gasteiger partial charge in [-0.15, -0.1) is 0 Å². The molecule has 0 aliphatic carbocycles. The molecule has 0 saturated carbocycles. The third kappa shape index (κ3) is 5.75. The van der Waals surface area contributed by atoms with Gasteiger partial charge in [0.05, 0.1) is 27.3 Å². The monoisotopic (exact) mass is 465 g/mol. The number of aryl methyl sites for hydroxylation is 1. The molecule has 2 aromatic carbocycles. The number of carbonyl (C=O) groups is 1. The first-order valence-corrected chi connectivity index (χ1v) is 10.2. The SMILES string of the molecule is Cc1ccc(-c2ccc(=O)n(CCNC(=O)COc3cc(Cl)c(Cl)cc3Cl)n2)cc1. The summed E-state index contributed by atoms with van der Waals surface area (Å²) in [5.41, 5.74) is 2.47. The number of ether oxygens (including phenoxy) is 1. The van der Waals surface area contributed by atoms with Crippen molar-refractivity contribution in [2.75, 3.05) is 13.2 Å². The van der Waals surface area contributed by atoms with Gasteiger partial charge in [-0.1, -0.05) is 64.6 Å². The van der Waals surface area contributed by atoms with Crippen molar-refractivity contribution in [3.63, 3.8) is 0 Å². The van der Waals surface area contributed by atoms with E-state index in [-0.39, 0.29) is 47.0 Å². The molecule has 0 radical (unpaired) electrons. The smallest absolute Gasteiger partial charge is 0.266 e. The number of aromatic nitrogens is 2. The molecule has 0 aliphatic heterocycles. The van der Waals surface area contributed by atoms with E-state index < -0.39 is 0 Å². The molecule has 1 heterocycles. The Morgan fingerprint density at radius 3 is 2.47 bits per heavy atom. The molecule has 0 atom stereocenters. The zero-order valence-corrected chi connectivity index (χ0v) is 18.3. The lowest BCUT2D eigenvalue weighted by molar-refractivity contribution is -0.123. The number of halogens is 3. The summed E-state index contributed by atoms with van der Waals surface area (Å²) < 4.78 is 6.69. The lowest BCUT2D eigenvalue weighted by atomic mass is 10.1. The van der Waals surface area contributed by atoms with Gasteiger partial charge < -0.3 is 10.1 Å². The topological polar surface area (TPSA) is 73.2 Å². The summed E-state index contributed by atoms with van der Waals surface area (Å²) in [6, 6.07) is 13.9. The van der Waals surface area contributed by atoms with E-state index in [1.165, 1.54) is 22.9 Å². The molecule has 3 aromatic rings. The molecule has 0 bridgehead atoms. The predicted molar refractivity (Wildman–Crippen MR) is 119 cm³/mol. The highest BCUT2D eigenvalue weighted by Gasteiger charge is 2.10. The Hall–Kier alpha value is -2.54. The molecule has 0 saturated heterocycles. The molecule has 1 N–H and O–H groups in total. The highest BCUT2D eigenvalue weighted by Crippen LogP contribution is 2.33. The molecule has 1 amide bonds. The number of nitrogens with zero attached hydrogens (tertiary/aromatic N) is 2. The second-order valence-corrected chi connectivity index (χ2v) is 7.70. The molecule has 30 heavy (non-hydrogen) atoms. The van der Waals surface area contributed by atoms with Crippen LogP contribution >= 0.6 is 34.8 Å². The van der Waals surface area contributed by atoms with Crippen molar-refractivity contribution >= 4 is 40.7 Å². The van der Waals surface area contributed by atoms with E-state index in [9.17, 15) is 9.59 Å². The summed E-state index contributed by atoms with van der Waals surface area (Å²) in [5, 5.41) is 7.86. The first-order valence-electron chi connectivity index (χ1n) is 9.03. The van der Waals surface area contributed by atoms with Crippen molar-refractivity contribution in [1.29, 1.82) is 0 Å². The van der Waals surface area contributed by atoms with Crippen LogP contribution in [0.5, 0.6) is 5.75 Å². The van der Waals surface area contributed by atoms with E-state index in [1.54, 1.807) is 6.07 Å². The summed E-state index contributed by atoms with van der Waals surface area (Å²) in [6.07, 6.45) is 0. The van der Waals surface area contributed by atoms with Crippen molar-refractivity contribution in [1.82, 2.24) is 15.1 Å². The Bertz CT molecular complexity index is 1110. The fourth-order valence-corrected chi connectivity index (χ4v) is 3.19. The van der Waals surface area contributed by atoms with Crippen molar-refractivity contribution in [2.24, 2.45) is 0 Å². The lowest BCUT2D eigenvalue weighted by Crippen LogP contribution is -2.34. The van der Waals surface area contributed by atoms with Crippen LogP contribution in [0.4, 0.5) is 0 Å². The second kappa shape index (κ2) is 9.98. The molecule has 0 fully saturated rings. The third-order valence-electron chi connectivity index (χ3n) is 4.19. The van der Waals surface area contributed by atoms with Crippen molar-refractivity contribution in [3.05, 3.63) is 79.5 Å². The van der Waals surface area contributed by atoms with Crippen LogP contribution in [0.2, 0.25) is 15.1 Å². The molecule has 6 nitrogen and oxygen atoms in total. The second-order valence-electron chi connectivity index (χ2n) is 6.48. The van der Waals surface area contributed by atoms with Gasteiger partial charge in [-0.2, -0.15) is 5.10 Å². The van der Waals surface area contributed by atoms with Gasteiger partial charge in [-0.25, -0.2) is 4.68 Å². The highest BCUT2D eigenvalue weighted by molar-refractivity contribution is 6.43. The van der Waals surface area contributed by atoms with E-state index in [0.29, 0.717) is 10.7 Å². The minimum atomic E-state index is -0.375. The summed E-state index contributed by atoms with van der Waals surface area (Å²) >= 11 is 17.8. The van der Waals surface area contributed by atoms with Crippen LogP contribution in [0.3, 0.4) is 0 Å². The number of amides is 1. The van der Waals surface area contributed by atoms with Crippen LogP contribution in [0.15, 0.2) is 53.3 Å². The van der Waals surface area contributed by atoms with Gasteiger partial charge in [0.2, 0.25) is 0 Å². The maximum Gasteiger partial charge on any atom is 0.266 e. The predicted octanol–water partition coefficient (Wildman–Crippen LogP) is 4.37. The first-order chi connectivity index (χ1) is 14.3. The Morgan fingerprint density at radius 1 is 1.03 bits per heavy atom. The largest absolute Gasteiger partial charge is 0.482 e. The fourth-order valence-electron chi connectivity index (χ4n) is 2.60. The van der Waals surface area contributed by atoms with Crippen LogP contribution < -0.4 is 15.6 Å². The van der Waals surface area contributed by atoms with E-state index in [2.05, 4.69) is 10.4 Å². The molecular weight excluding hydrogens is 449 g/mol. The summed E-state index contributed by atoms with van der Waals surface area (Å²) in [5.74, 6) is -0.121. The first kappa shape index (κ1) is 22.2. The average Bonchev–Trinajstić information content (AvgIpc) is 2.72. The maximum absolute atomic E-state index is 12.1. The Labute approximate surface area is 188 Å². The van der Waals surface area contributed by atoms with Crippen molar-refractivity contribution in [3.8, 4) is 17.0 Å². The van der Waals surface area contributed by atoms with Gasteiger partial charge in [0, 0.05) is 24.2 Å². The number of hydrogen-bond acceptors (Lipinski definition) is 4. The van der Waals surface area contributed by atoms with Crippen LogP contribution in [0, 0.1) is 6.92 Å². The number of carbonyl (C=O) groups excluding carboxylic acids is 1. The van der Waals surface area contributed by atoms with Gasteiger partial charge in [0.1, 0.15) is 5.75 Å². The average molecular weight is 467 g/mol. The molecular formula is C21H18Cl3N3O3. The molecule has 0 aliphatic rings. The molecule has 0 spiro atoms. The number of hydrogen-bond donors (Lipinski definition) is 1. The Balaban J connectivity index is 1.55. The lowest BCUT2D eigenvalue weighted by Gasteiger charge is -2.11. The minimum Gasteiger partial charge on any atom is -0.482 e. The number of nitrogens with one attached hydrogen (secondary N) is 1. The van der Waals surface area contributed by atoms with E-state index >= 15 is 0 Å². The maximum atomic E-state index is 12.1. The molecule has 9 heteroatoms. The van der Waals surface area contributed by atoms with Gasteiger partial charge >= 0.3 is 0 Å². The van der Waals surface area contributed by atoms with E-state index in [0.717, 1.165) is 11.1 Å². The van der Waals surface area contributed by atoms with Gasteiger partial charge in [0.15, 0.2) is 6.61 Å². The molecule has 156 valence electrons. The zero-order valence-electron chi connectivity index (χ0n) is 16.0. The number of rotatable bonds is 7. The van der Waals surface area contributed by atoms with Crippen LogP contribution in [0.25, 0.3) is 11.3 Å². The zero-order chi connectivity index (χ0) is 21.7.